The molecule has 2 atom stereocenters. The van der Waals surface area contributed by atoms with E-state index in [0.29, 0.717) is 0 Å². The molecule has 1 heterocycles. The van der Waals surface area contributed by atoms with Crippen LogP contribution in [0.2, 0.25) is 0 Å². The van der Waals surface area contributed by atoms with Gasteiger partial charge in [0.1, 0.15) is 11.4 Å². The van der Waals surface area contributed by atoms with Crippen molar-refractivity contribution >= 4 is 0 Å². The van der Waals surface area contributed by atoms with Crippen LogP contribution in [0.25, 0.3) is 0 Å². The summed E-state index contributed by atoms with van der Waals surface area (Å²) in [5.74, 6) is 0.739. The quantitative estimate of drug-likeness (QED) is 0.782. The van der Waals surface area contributed by atoms with E-state index in [1.807, 2.05) is 36.4 Å². The van der Waals surface area contributed by atoms with Gasteiger partial charge in [-0.05, 0) is 61.5 Å². The van der Waals surface area contributed by atoms with Crippen molar-refractivity contribution in [2.75, 3.05) is 20.2 Å². The molecule has 0 saturated carbocycles. The fraction of sp³-hybridized carbons (Fsp3) is 0.520. The standard InChI is InChI=1S/C25H35NO2/c1-19(26-16-10-7-11-17-26)25(27,20-12-8-6-9-13-20)22-18-21(24(2,3)4)14-15-23(22)28-5/h6,8-9,12-15,18-19,27H,7,10-11,16-17H2,1-5H3. The van der Waals surface area contributed by atoms with Gasteiger partial charge in [-0.2, -0.15) is 0 Å². The first-order chi connectivity index (χ1) is 13.3. The van der Waals surface area contributed by atoms with Crippen LogP contribution in [-0.4, -0.2) is 36.2 Å². The molecule has 0 amide bonds. The summed E-state index contributed by atoms with van der Waals surface area (Å²) in [5.41, 5.74) is 1.81. The monoisotopic (exact) mass is 381 g/mol. The van der Waals surface area contributed by atoms with Crippen molar-refractivity contribution in [2.45, 2.75) is 64.0 Å². The van der Waals surface area contributed by atoms with Crippen molar-refractivity contribution in [3.63, 3.8) is 0 Å². The van der Waals surface area contributed by atoms with E-state index in [-0.39, 0.29) is 11.5 Å². The molecule has 3 nitrogen and oxygen atoms in total. The molecule has 3 heteroatoms. The Hall–Kier alpha value is -1.84. The number of nitrogens with zero attached hydrogens (tertiary/aromatic N) is 1. The van der Waals surface area contributed by atoms with E-state index in [2.05, 4.69) is 44.7 Å². The summed E-state index contributed by atoms with van der Waals surface area (Å²) < 4.78 is 5.74. The van der Waals surface area contributed by atoms with Gasteiger partial charge in [-0.15, -0.1) is 0 Å². The summed E-state index contributed by atoms with van der Waals surface area (Å²) in [6, 6.07) is 16.3. The maximum absolute atomic E-state index is 12.4. The zero-order chi connectivity index (χ0) is 20.4. The van der Waals surface area contributed by atoms with E-state index in [4.69, 9.17) is 4.74 Å². The lowest BCUT2D eigenvalue weighted by Gasteiger charge is -2.44. The molecule has 2 unspecified atom stereocenters. The highest BCUT2D eigenvalue weighted by Crippen LogP contribution is 2.42. The Bertz CT molecular complexity index is 775. The van der Waals surface area contributed by atoms with Crippen LogP contribution in [-0.2, 0) is 11.0 Å². The van der Waals surface area contributed by atoms with E-state index < -0.39 is 5.60 Å². The van der Waals surface area contributed by atoms with Crippen LogP contribution in [0.5, 0.6) is 5.75 Å². The Labute approximate surface area is 170 Å². The first-order valence-electron chi connectivity index (χ1n) is 10.5. The molecule has 1 N–H and O–H groups in total. The molecule has 2 aromatic carbocycles. The van der Waals surface area contributed by atoms with Crippen LogP contribution in [0.1, 0.15) is 63.6 Å². The lowest BCUT2D eigenvalue weighted by molar-refractivity contribution is -0.0210. The molecule has 0 aromatic heterocycles. The molecule has 28 heavy (non-hydrogen) atoms. The van der Waals surface area contributed by atoms with Crippen LogP contribution in [0, 0.1) is 0 Å². The molecule has 0 spiro atoms. The maximum Gasteiger partial charge on any atom is 0.133 e. The smallest absolute Gasteiger partial charge is 0.133 e. The van der Waals surface area contributed by atoms with E-state index in [1.165, 1.54) is 24.8 Å². The SMILES string of the molecule is COc1ccc(C(C)(C)C)cc1C(O)(c1ccccc1)C(C)N1CCCCC1. The maximum atomic E-state index is 12.4. The van der Waals surface area contributed by atoms with Crippen molar-refractivity contribution in [3.05, 3.63) is 65.2 Å². The van der Waals surface area contributed by atoms with Gasteiger partial charge in [-0.1, -0.05) is 63.6 Å². The largest absolute Gasteiger partial charge is 0.496 e. The summed E-state index contributed by atoms with van der Waals surface area (Å²) in [7, 11) is 1.69. The minimum atomic E-state index is -1.15. The number of ether oxygens (including phenoxy) is 1. The molecule has 0 bridgehead atoms. The Morgan fingerprint density at radius 1 is 0.929 bits per heavy atom. The van der Waals surface area contributed by atoms with Crippen LogP contribution < -0.4 is 4.74 Å². The first-order valence-corrected chi connectivity index (χ1v) is 10.5. The number of methoxy groups -OCH3 is 1. The minimum absolute atomic E-state index is 0.00696. The van der Waals surface area contributed by atoms with Crippen molar-refractivity contribution in [2.24, 2.45) is 0 Å². The van der Waals surface area contributed by atoms with Gasteiger partial charge < -0.3 is 9.84 Å². The van der Waals surface area contributed by atoms with E-state index >= 15 is 0 Å². The summed E-state index contributed by atoms with van der Waals surface area (Å²) >= 11 is 0. The van der Waals surface area contributed by atoms with Gasteiger partial charge in [0.15, 0.2) is 0 Å². The van der Waals surface area contributed by atoms with E-state index in [0.717, 1.165) is 30.0 Å². The number of hydrogen-bond acceptors (Lipinski definition) is 3. The second kappa shape index (κ2) is 8.26. The predicted molar refractivity (Wildman–Crippen MR) is 116 cm³/mol. The molecule has 0 aliphatic carbocycles. The van der Waals surface area contributed by atoms with Gasteiger partial charge in [-0.25, -0.2) is 0 Å². The lowest BCUT2D eigenvalue weighted by Crippen LogP contribution is -2.51. The van der Waals surface area contributed by atoms with Gasteiger partial charge in [0.05, 0.1) is 7.11 Å². The Balaban J connectivity index is 2.19. The van der Waals surface area contributed by atoms with Gasteiger partial charge in [0, 0.05) is 11.6 Å². The Morgan fingerprint density at radius 3 is 2.14 bits per heavy atom. The molecule has 3 rings (SSSR count). The number of piperidine rings is 1. The summed E-state index contributed by atoms with van der Waals surface area (Å²) in [4.78, 5) is 2.43. The van der Waals surface area contributed by atoms with Crippen LogP contribution in [0.3, 0.4) is 0 Å². The highest BCUT2D eigenvalue weighted by molar-refractivity contribution is 5.49. The van der Waals surface area contributed by atoms with Crippen molar-refractivity contribution in [1.82, 2.24) is 4.90 Å². The fourth-order valence-electron chi connectivity index (χ4n) is 4.36. The number of benzene rings is 2. The van der Waals surface area contributed by atoms with Crippen LogP contribution >= 0.6 is 0 Å². The van der Waals surface area contributed by atoms with Crippen LogP contribution in [0.15, 0.2) is 48.5 Å². The van der Waals surface area contributed by atoms with Gasteiger partial charge in [0.2, 0.25) is 0 Å². The Kier molecular flexibility index (Phi) is 6.16. The van der Waals surface area contributed by atoms with Crippen molar-refractivity contribution in [1.29, 1.82) is 0 Å². The number of rotatable bonds is 5. The topological polar surface area (TPSA) is 32.7 Å². The minimum Gasteiger partial charge on any atom is -0.496 e. The molecule has 152 valence electrons. The third-order valence-electron chi connectivity index (χ3n) is 6.23. The second-order valence-electron chi connectivity index (χ2n) is 9.07. The summed E-state index contributed by atoms with van der Waals surface area (Å²) in [6.07, 6.45) is 3.65. The third-order valence-corrected chi connectivity index (χ3v) is 6.23. The molecule has 1 saturated heterocycles. The predicted octanol–water partition coefficient (Wildman–Crippen LogP) is 5.10. The molecule has 1 aliphatic heterocycles. The zero-order valence-electron chi connectivity index (χ0n) is 18.0. The molecular formula is C25H35NO2. The average Bonchev–Trinajstić information content (AvgIpc) is 2.72. The number of aliphatic hydroxyl groups is 1. The van der Waals surface area contributed by atoms with Crippen LogP contribution in [0.4, 0.5) is 0 Å². The van der Waals surface area contributed by atoms with E-state index in [9.17, 15) is 5.11 Å². The number of hydrogen-bond donors (Lipinski definition) is 1. The molecule has 1 aliphatic rings. The van der Waals surface area contributed by atoms with Gasteiger partial charge in [-0.3, -0.25) is 4.90 Å². The Morgan fingerprint density at radius 2 is 1.57 bits per heavy atom. The van der Waals surface area contributed by atoms with Crippen molar-refractivity contribution in [3.8, 4) is 5.75 Å². The number of likely N-dealkylation sites (tertiary alicyclic amines) is 1. The van der Waals surface area contributed by atoms with Gasteiger partial charge in [0.25, 0.3) is 0 Å². The lowest BCUT2D eigenvalue weighted by atomic mass is 9.76. The second-order valence-corrected chi connectivity index (χ2v) is 9.07. The van der Waals surface area contributed by atoms with Crippen molar-refractivity contribution < 1.29 is 9.84 Å². The third kappa shape index (κ3) is 3.97. The average molecular weight is 382 g/mol. The highest BCUT2D eigenvalue weighted by atomic mass is 16.5. The van der Waals surface area contributed by atoms with E-state index in [1.54, 1.807) is 7.11 Å². The highest BCUT2D eigenvalue weighted by Gasteiger charge is 2.43. The normalized spacial score (nSPS) is 19.1. The fourth-order valence-corrected chi connectivity index (χ4v) is 4.36. The summed E-state index contributed by atoms with van der Waals surface area (Å²) in [5, 5.41) is 12.4. The first kappa shape index (κ1) is 20.9. The zero-order valence-corrected chi connectivity index (χ0v) is 18.0. The summed E-state index contributed by atoms with van der Waals surface area (Å²) in [6.45, 7) is 10.8. The van der Waals surface area contributed by atoms with Gasteiger partial charge >= 0.3 is 0 Å². The molecular weight excluding hydrogens is 346 g/mol. The molecule has 2 aromatic rings. The molecule has 0 radical (unpaired) electrons. The molecule has 1 fully saturated rings.